The van der Waals surface area contributed by atoms with Crippen molar-refractivity contribution in [1.82, 2.24) is 0 Å². The van der Waals surface area contributed by atoms with Crippen LogP contribution in [-0.4, -0.2) is 8.80 Å². The van der Waals surface area contributed by atoms with E-state index in [1.807, 2.05) is 0 Å². The van der Waals surface area contributed by atoms with Crippen LogP contribution in [0, 0.1) is 0 Å². The van der Waals surface area contributed by atoms with E-state index in [1.54, 1.807) is 0 Å². The minimum absolute atomic E-state index is 0. The van der Waals surface area contributed by atoms with Crippen molar-refractivity contribution in [1.29, 1.82) is 0 Å². The fraction of sp³-hybridized carbons (Fsp3) is 1.00. The Labute approximate surface area is 70.0 Å². The molecule has 0 unspecified atom stereocenters. The van der Waals surface area contributed by atoms with Gasteiger partial charge in [-0.05, 0) is 0 Å². The summed E-state index contributed by atoms with van der Waals surface area (Å²) in [5.74, 6) is 0. The molecule has 0 aliphatic carbocycles. The molecule has 0 radical (unpaired) electrons. The van der Waals surface area contributed by atoms with Crippen LogP contribution in [0.5, 0.6) is 0 Å². The maximum Gasteiger partial charge on any atom is 1.00 e. The Morgan fingerprint density at radius 1 is 1.00 bits per heavy atom. The summed E-state index contributed by atoms with van der Waals surface area (Å²) in [5.41, 5.74) is 0. The van der Waals surface area contributed by atoms with Crippen molar-refractivity contribution in [3.63, 3.8) is 0 Å². The summed E-state index contributed by atoms with van der Waals surface area (Å²) < 4.78 is 0. The molecule has 0 saturated heterocycles. The van der Waals surface area contributed by atoms with Crippen molar-refractivity contribution in [3.8, 4) is 0 Å². The molecule has 0 heterocycles. The molecular formula is C3H10ClNaSi. The van der Waals surface area contributed by atoms with Gasteiger partial charge in [-0.2, -0.15) is 19.6 Å². The number of hydrogen-bond acceptors (Lipinski definition) is 0. The molecule has 0 aliphatic rings. The number of rotatable bonds is 0. The first-order valence-corrected chi connectivity index (χ1v) is 4.50. The third-order valence-corrected chi connectivity index (χ3v) is 0. The van der Waals surface area contributed by atoms with Gasteiger partial charge >= 0.3 is 29.6 Å². The Hall–Kier alpha value is 1.51. The third kappa shape index (κ3) is 49.3. The Kier molecular flexibility index (Phi) is 25.3. The van der Waals surface area contributed by atoms with Crippen LogP contribution in [0.3, 0.4) is 0 Å². The molecule has 0 saturated carbocycles. The molecule has 6 heavy (non-hydrogen) atoms. The maximum absolute atomic E-state index is 2.27. The summed E-state index contributed by atoms with van der Waals surface area (Å²) in [5, 5.41) is 0. The van der Waals surface area contributed by atoms with Gasteiger partial charge in [0.1, 0.15) is 0 Å². The zero-order valence-electron chi connectivity index (χ0n) is 4.91. The summed E-state index contributed by atoms with van der Waals surface area (Å²) in [6.45, 7) is 6.81. The zero-order valence-corrected chi connectivity index (χ0v) is 8.72. The second kappa shape index (κ2) is 9.71. The van der Waals surface area contributed by atoms with Gasteiger partial charge in [-0.25, -0.2) is 0 Å². The molecule has 0 amide bonds. The van der Waals surface area contributed by atoms with Crippen LogP contribution in [0.1, 0.15) is 0 Å². The smallest absolute Gasteiger partial charge is 0.271 e. The third-order valence-electron chi connectivity index (χ3n) is 0. The minimum Gasteiger partial charge on any atom is -0.271 e. The van der Waals surface area contributed by atoms with Gasteiger partial charge in [-0.15, -0.1) is 12.4 Å². The van der Waals surface area contributed by atoms with Crippen LogP contribution in [0.25, 0.3) is 0 Å². The van der Waals surface area contributed by atoms with Gasteiger partial charge in [-0.1, -0.05) is 0 Å². The Balaban J connectivity index is -0.0000000450. The fourth-order valence-electron chi connectivity index (χ4n) is 0. The standard InChI is InChI=1S/C3H9Si.ClH.Na/c1-4(2)3;;/h1-3H3;1H;/q-1;;+1. The largest absolute Gasteiger partial charge is 1.00 e. The van der Waals surface area contributed by atoms with Gasteiger partial charge in [0.15, 0.2) is 0 Å². The van der Waals surface area contributed by atoms with Crippen LogP contribution < -0.4 is 29.6 Å². The molecular weight excluding hydrogens is 123 g/mol. The summed E-state index contributed by atoms with van der Waals surface area (Å²) >= 11 is 0. The molecule has 0 spiro atoms. The quantitative estimate of drug-likeness (QED) is 0.363. The summed E-state index contributed by atoms with van der Waals surface area (Å²) in [6, 6.07) is 0. The van der Waals surface area contributed by atoms with Crippen LogP contribution in [0.4, 0.5) is 0 Å². The van der Waals surface area contributed by atoms with Gasteiger partial charge in [0.2, 0.25) is 0 Å². The van der Waals surface area contributed by atoms with E-state index in [1.165, 1.54) is 0 Å². The van der Waals surface area contributed by atoms with Crippen molar-refractivity contribution in [2.24, 2.45) is 0 Å². The first kappa shape index (κ1) is 15.6. The normalized spacial score (nSPS) is 6.00. The van der Waals surface area contributed by atoms with Crippen molar-refractivity contribution in [2.45, 2.75) is 19.6 Å². The van der Waals surface area contributed by atoms with Gasteiger partial charge in [0.25, 0.3) is 0 Å². The first-order chi connectivity index (χ1) is 1.73. The van der Waals surface area contributed by atoms with E-state index >= 15 is 0 Å². The van der Waals surface area contributed by atoms with Crippen molar-refractivity contribution in [3.05, 3.63) is 0 Å². The fourth-order valence-corrected chi connectivity index (χ4v) is 0. The monoisotopic (exact) mass is 132 g/mol. The van der Waals surface area contributed by atoms with E-state index in [-0.39, 0.29) is 50.8 Å². The Bertz CT molecular complexity index is 15.5. The topological polar surface area (TPSA) is 0 Å². The second-order valence-corrected chi connectivity index (χ2v) is 4.50. The van der Waals surface area contributed by atoms with Crippen LogP contribution in [-0.2, 0) is 0 Å². The summed E-state index contributed by atoms with van der Waals surface area (Å²) in [7, 11) is 0.120. The first-order valence-electron chi connectivity index (χ1n) is 1.50. The molecule has 0 aromatic rings. The number of hydrogen-bond donors (Lipinski definition) is 0. The maximum atomic E-state index is 2.27. The molecule has 3 heteroatoms. The van der Waals surface area contributed by atoms with E-state index < -0.39 is 0 Å². The molecule has 0 rings (SSSR count). The predicted molar refractivity (Wildman–Crippen MR) is 30.6 cm³/mol. The zero-order chi connectivity index (χ0) is 3.58. The van der Waals surface area contributed by atoms with Crippen LogP contribution in [0.2, 0.25) is 19.6 Å². The average molecular weight is 133 g/mol. The van der Waals surface area contributed by atoms with Crippen molar-refractivity contribution >= 4 is 21.2 Å². The van der Waals surface area contributed by atoms with Gasteiger partial charge in [0.05, 0.1) is 0 Å². The molecule has 34 valence electrons. The molecule has 0 aliphatic heterocycles. The molecule has 0 atom stereocenters. The van der Waals surface area contributed by atoms with E-state index in [0.29, 0.717) is 0 Å². The molecule has 0 N–H and O–H groups in total. The summed E-state index contributed by atoms with van der Waals surface area (Å²) in [6.07, 6.45) is 0. The molecule has 0 bridgehead atoms. The molecule has 0 fully saturated rings. The number of halogens is 1. The summed E-state index contributed by atoms with van der Waals surface area (Å²) in [4.78, 5) is 0. The van der Waals surface area contributed by atoms with E-state index in [0.717, 1.165) is 0 Å². The van der Waals surface area contributed by atoms with Crippen molar-refractivity contribution < 1.29 is 29.6 Å². The molecule has 0 aromatic carbocycles. The van der Waals surface area contributed by atoms with Crippen LogP contribution >= 0.6 is 12.4 Å². The predicted octanol–water partition coefficient (Wildman–Crippen LogP) is -1.20. The van der Waals surface area contributed by atoms with Gasteiger partial charge in [0, 0.05) is 0 Å². The minimum atomic E-state index is 0. The Morgan fingerprint density at radius 2 is 1.00 bits per heavy atom. The molecule has 0 nitrogen and oxygen atoms in total. The average Bonchev–Trinajstić information content (AvgIpc) is 0.811. The van der Waals surface area contributed by atoms with Gasteiger partial charge < -0.3 is 0 Å². The Morgan fingerprint density at radius 3 is 1.00 bits per heavy atom. The second-order valence-electron chi connectivity index (χ2n) is 1.50. The molecule has 0 aromatic heterocycles. The van der Waals surface area contributed by atoms with E-state index in [2.05, 4.69) is 19.6 Å². The van der Waals surface area contributed by atoms with E-state index in [9.17, 15) is 0 Å². The van der Waals surface area contributed by atoms with Gasteiger partial charge in [-0.3, -0.25) is 8.80 Å². The van der Waals surface area contributed by atoms with E-state index in [4.69, 9.17) is 0 Å². The van der Waals surface area contributed by atoms with Crippen LogP contribution in [0.15, 0.2) is 0 Å². The van der Waals surface area contributed by atoms with Crippen molar-refractivity contribution in [2.75, 3.05) is 0 Å². The SMILES string of the molecule is C[Si-](C)C.Cl.[Na+].